The molecule has 0 atom stereocenters. The summed E-state index contributed by atoms with van der Waals surface area (Å²) in [7, 11) is 0. The minimum absolute atomic E-state index is 0.196. The van der Waals surface area contributed by atoms with Gasteiger partial charge in [-0.3, -0.25) is 0 Å². The largest absolute Gasteiger partial charge is 0.492 e. The first-order valence-electron chi connectivity index (χ1n) is 10.8. The summed E-state index contributed by atoms with van der Waals surface area (Å²) in [5, 5.41) is 10.2. The summed E-state index contributed by atoms with van der Waals surface area (Å²) in [6.45, 7) is 10.7. The van der Waals surface area contributed by atoms with Gasteiger partial charge in [-0.25, -0.2) is 9.78 Å². The molecule has 6 heteroatoms. The van der Waals surface area contributed by atoms with Gasteiger partial charge in [0.05, 0.1) is 17.9 Å². The summed E-state index contributed by atoms with van der Waals surface area (Å²) in [5.41, 5.74) is 5.09. The number of nitrogens with zero attached hydrogens (tertiary/aromatic N) is 2. The number of hydrogen-bond acceptors (Lipinski definition) is 6. The van der Waals surface area contributed by atoms with Crippen LogP contribution in [-0.2, 0) is 11.3 Å². The van der Waals surface area contributed by atoms with Crippen molar-refractivity contribution in [1.82, 2.24) is 4.98 Å². The number of benzene rings is 2. The Bertz CT molecular complexity index is 1200. The molecule has 1 aromatic heterocycles. The van der Waals surface area contributed by atoms with Gasteiger partial charge in [0.25, 0.3) is 0 Å². The van der Waals surface area contributed by atoms with E-state index in [-0.39, 0.29) is 6.61 Å². The fraction of sp³-hybridized carbons (Fsp3) is 0.296. The molecule has 0 unspecified atom stereocenters. The Morgan fingerprint density at radius 3 is 2.55 bits per heavy atom. The van der Waals surface area contributed by atoms with Crippen LogP contribution in [0.15, 0.2) is 48.0 Å². The second-order valence-corrected chi connectivity index (χ2v) is 9.50. The number of allylic oxidation sites excluding steroid dienone is 1. The maximum atomic E-state index is 12.7. The highest BCUT2D eigenvalue weighted by molar-refractivity contribution is 7.17. The lowest BCUT2D eigenvalue weighted by atomic mass is 10.1. The van der Waals surface area contributed by atoms with Gasteiger partial charge in [-0.15, -0.1) is 11.3 Å². The van der Waals surface area contributed by atoms with E-state index in [1.165, 1.54) is 16.9 Å². The second kappa shape index (κ2) is 10.9. The Morgan fingerprint density at radius 1 is 1.18 bits per heavy atom. The van der Waals surface area contributed by atoms with E-state index >= 15 is 0 Å². The lowest BCUT2D eigenvalue weighted by Crippen LogP contribution is -2.05. The molecule has 0 radical (unpaired) electrons. The Kier molecular flexibility index (Phi) is 8.02. The topological polar surface area (TPSA) is 72.2 Å². The fourth-order valence-electron chi connectivity index (χ4n) is 3.10. The van der Waals surface area contributed by atoms with Crippen molar-refractivity contribution in [3.8, 4) is 22.4 Å². The molecular formula is C27H28N2O3S. The van der Waals surface area contributed by atoms with Crippen molar-refractivity contribution in [2.45, 2.75) is 41.2 Å². The first-order chi connectivity index (χ1) is 15.8. The van der Waals surface area contributed by atoms with Crippen LogP contribution in [0.5, 0.6) is 5.75 Å². The van der Waals surface area contributed by atoms with E-state index < -0.39 is 5.97 Å². The molecule has 0 bridgehead atoms. The van der Waals surface area contributed by atoms with E-state index in [0.29, 0.717) is 39.4 Å². The summed E-state index contributed by atoms with van der Waals surface area (Å²) in [6.07, 6.45) is 2.10. The quantitative estimate of drug-likeness (QED) is 0.345. The molecule has 3 aromatic rings. The van der Waals surface area contributed by atoms with Crippen LogP contribution in [0, 0.1) is 24.2 Å². The molecule has 0 fully saturated rings. The Hall–Kier alpha value is -3.43. The predicted molar refractivity (Wildman–Crippen MR) is 132 cm³/mol. The van der Waals surface area contributed by atoms with Crippen molar-refractivity contribution in [2.75, 3.05) is 6.61 Å². The van der Waals surface area contributed by atoms with Gasteiger partial charge < -0.3 is 9.47 Å². The standard InChI is InChI=1S/C27H28N2O3S/c1-17(2)12-20-6-8-21(9-7-20)16-32-27(30)25-19(5)29-26(33-25)22-10-11-24(23(13-22)14-28)31-15-18(3)4/h6-13,18H,15-16H2,1-5H3. The maximum Gasteiger partial charge on any atom is 0.350 e. The highest BCUT2D eigenvalue weighted by Crippen LogP contribution is 2.32. The average molecular weight is 461 g/mol. The molecule has 170 valence electrons. The summed E-state index contributed by atoms with van der Waals surface area (Å²) in [5.74, 6) is 0.516. The van der Waals surface area contributed by atoms with Crippen molar-refractivity contribution in [3.05, 3.63) is 75.3 Å². The van der Waals surface area contributed by atoms with Crippen LogP contribution in [0.25, 0.3) is 16.6 Å². The van der Waals surface area contributed by atoms with Crippen LogP contribution in [0.1, 0.15) is 59.8 Å². The first-order valence-corrected chi connectivity index (χ1v) is 11.6. The molecule has 3 rings (SSSR count). The van der Waals surface area contributed by atoms with Crippen molar-refractivity contribution in [1.29, 1.82) is 5.26 Å². The molecule has 0 aliphatic heterocycles. The number of rotatable bonds is 8. The van der Waals surface area contributed by atoms with Crippen LogP contribution in [-0.4, -0.2) is 17.6 Å². The highest BCUT2D eigenvalue weighted by Gasteiger charge is 2.19. The molecule has 0 amide bonds. The number of ether oxygens (including phenoxy) is 2. The monoisotopic (exact) mass is 460 g/mol. The molecule has 0 saturated carbocycles. The highest BCUT2D eigenvalue weighted by atomic mass is 32.1. The van der Waals surface area contributed by atoms with Gasteiger partial charge in [-0.05, 0) is 56.0 Å². The third kappa shape index (κ3) is 6.53. The van der Waals surface area contributed by atoms with Gasteiger partial charge >= 0.3 is 5.97 Å². The minimum atomic E-state index is -0.401. The molecule has 0 spiro atoms. The maximum absolute atomic E-state index is 12.7. The smallest absolute Gasteiger partial charge is 0.350 e. The zero-order chi connectivity index (χ0) is 24.0. The fourth-order valence-corrected chi connectivity index (χ4v) is 4.06. The van der Waals surface area contributed by atoms with E-state index in [1.807, 2.05) is 30.3 Å². The summed E-state index contributed by atoms with van der Waals surface area (Å²) >= 11 is 1.26. The predicted octanol–water partition coefficient (Wildman–Crippen LogP) is 6.81. The van der Waals surface area contributed by atoms with Gasteiger partial charge in [-0.1, -0.05) is 49.8 Å². The molecule has 5 nitrogen and oxygen atoms in total. The van der Waals surface area contributed by atoms with Gasteiger partial charge in [0, 0.05) is 5.56 Å². The van der Waals surface area contributed by atoms with Gasteiger partial charge in [0.15, 0.2) is 0 Å². The molecule has 0 aliphatic carbocycles. The number of aromatic nitrogens is 1. The lowest BCUT2D eigenvalue weighted by Gasteiger charge is -2.10. The number of thiazole rings is 1. The number of carbonyl (C=O) groups excluding carboxylic acids is 1. The van der Waals surface area contributed by atoms with Crippen LogP contribution >= 0.6 is 11.3 Å². The molecule has 1 heterocycles. The van der Waals surface area contributed by atoms with Crippen LogP contribution in [0.2, 0.25) is 0 Å². The third-order valence-electron chi connectivity index (χ3n) is 4.71. The van der Waals surface area contributed by atoms with E-state index in [1.54, 1.807) is 19.1 Å². The van der Waals surface area contributed by atoms with Crippen LogP contribution < -0.4 is 4.74 Å². The molecular weight excluding hydrogens is 432 g/mol. The number of nitriles is 1. The van der Waals surface area contributed by atoms with E-state index in [4.69, 9.17) is 9.47 Å². The van der Waals surface area contributed by atoms with Crippen molar-refractivity contribution >= 4 is 23.4 Å². The van der Waals surface area contributed by atoms with Gasteiger partial charge in [0.2, 0.25) is 0 Å². The van der Waals surface area contributed by atoms with E-state index in [2.05, 4.69) is 44.8 Å². The third-order valence-corrected chi connectivity index (χ3v) is 5.89. The Balaban J connectivity index is 1.71. The normalized spacial score (nSPS) is 10.6. The van der Waals surface area contributed by atoms with Crippen LogP contribution in [0.3, 0.4) is 0 Å². The number of esters is 1. The SMILES string of the molecule is CC(C)=Cc1ccc(COC(=O)c2sc(-c3ccc(OCC(C)C)c(C#N)c3)nc2C)cc1. The molecule has 0 N–H and O–H groups in total. The summed E-state index contributed by atoms with van der Waals surface area (Å²) < 4.78 is 11.3. The van der Waals surface area contributed by atoms with Crippen LogP contribution in [0.4, 0.5) is 0 Å². The zero-order valence-electron chi connectivity index (χ0n) is 19.6. The van der Waals surface area contributed by atoms with Crippen molar-refractivity contribution in [3.63, 3.8) is 0 Å². The van der Waals surface area contributed by atoms with Crippen molar-refractivity contribution < 1.29 is 14.3 Å². The van der Waals surface area contributed by atoms with Crippen molar-refractivity contribution in [2.24, 2.45) is 5.92 Å². The second-order valence-electron chi connectivity index (χ2n) is 8.50. The lowest BCUT2D eigenvalue weighted by molar-refractivity contribution is 0.0477. The Morgan fingerprint density at radius 2 is 1.91 bits per heavy atom. The molecule has 0 saturated heterocycles. The minimum Gasteiger partial charge on any atom is -0.492 e. The number of carbonyl (C=O) groups is 1. The van der Waals surface area contributed by atoms with E-state index in [9.17, 15) is 10.1 Å². The first kappa shape index (κ1) is 24.2. The summed E-state index contributed by atoms with van der Waals surface area (Å²) in [4.78, 5) is 17.7. The molecule has 2 aromatic carbocycles. The van der Waals surface area contributed by atoms with Gasteiger partial charge in [-0.2, -0.15) is 5.26 Å². The Labute approximate surface area is 199 Å². The van der Waals surface area contributed by atoms with E-state index in [0.717, 1.165) is 16.7 Å². The zero-order valence-corrected chi connectivity index (χ0v) is 20.5. The molecule has 0 aliphatic rings. The number of aryl methyl sites for hydroxylation is 1. The number of hydrogen-bond donors (Lipinski definition) is 0. The van der Waals surface area contributed by atoms with Gasteiger partial charge in [0.1, 0.15) is 28.3 Å². The molecule has 33 heavy (non-hydrogen) atoms. The average Bonchev–Trinajstić information content (AvgIpc) is 3.18. The summed E-state index contributed by atoms with van der Waals surface area (Å²) in [6, 6.07) is 15.5.